The van der Waals surface area contributed by atoms with Gasteiger partial charge in [0.25, 0.3) is 0 Å². The Morgan fingerprint density at radius 2 is 1.94 bits per heavy atom. The van der Waals surface area contributed by atoms with E-state index in [0.29, 0.717) is 6.61 Å². The van der Waals surface area contributed by atoms with Crippen molar-refractivity contribution in [1.82, 2.24) is 5.32 Å². The molecule has 0 aromatic carbocycles. The molecule has 94 valence electrons. The third-order valence-electron chi connectivity index (χ3n) is 2.05. The number of carbonyl (C=O) groups excluding carboxylic acids is 1. The number of aliphatic hydroxyl groups excluding tert-OH is 1. The van der Waals surface area contributed by atoms with Crippen LogP contribution < -0.4 is 5.32 Å². The number of nitrogens with one attached hydrogen (secondary N) is 1. The number of aliphatic hydroxyl groups is 1. The first-order valence-corrected chi connectivity index (χ1v) is 5.07. The van der Waals surface area contributed by atoms with Crippen LogP contribution in [0, 0.1) is 5.92 Å². The fraction of sp³-hybridized carbons (Fsp3) is 0.800. The molecule has 0 radical (unpaired) electrons. The molecule has 0 heterocycles. The van der Waals surface area contributed by atoms with Gasteiger partial charge in [-0.1, -0.05) is 6.92 Å². The highest BCUT2D eigenvalue weighted by molar-refractivity contribution is 5.84. The molecule has 0 spiro atoms. The highest BCUT2D eigenvalue weighted by Crippen LogP contribution is 2.03. The number of amides is 1. The number of carbonyl (C=O) groups is 2. The molecule has 3 N–H and O–H groups in total. The summed E-state index contributed by atoms with van der Waals surface area (Å²) < 4.78 is 4.86. The lowest BCUT2D eigenvalue weighted by Crippen LogP contribution is -2.48. The van der Waals surface area contributed by atoms with Crippen molar-refractivity contribution in [2.75, 3.05) is 13.7 Å². The van der Waals surface area contributed by atoms with E-state index in [1.54, 1.807) is 0 Å². The smallest absolute Gasteiger partial charge is 0.328 e. The van der Waals surface area contributed by atoms with Crippen molar-refractivity contribution >= 4 is 11.9 Å². The van der Waals surface area contributed by atoms with Gasteiger partial charge in [-0.2, -0.15) is 0 Å². The van der Waals surface area contributed by atoms with Crippen LogP contribution in [0.25, 0.3) is 0 Å². The molecule has 0 saturated carbocycles. The van der Waals surface area contributed by atoms with E-state index in [4.69, 9.17) is 14.9 Å². The lowest BCUT2D eigenvalue weighted by atomic mass is 10.1. The molecule has 0 aliphatic heterocycles. The quantitative estimate of drug-likeness (QED) is 0.556. The van der Waals surface area contributed by atoms with Crippen LogP contribution in [0.2, 0.25) is 0 Å². The number of ether oxygens (including phenoxy) is 1. The Morgan fingerprint density at radius 1 is 1.38 bits per heavy atom. The van der Waals surface area contributed by atoms with Crippen molar-refractivity contribution in [1.29, 1.82) is 0 Å². The lowest BCUT2D eigenvalue weighted by Gasteiger charge is -2.18. The molecule has 6 heteroatoms. The average molecular weight is 233 g/mol. The van der Waals surface area contributed by atoms with Crippen LogP contribution in [0.1, 0.15) is 20.3 Å². The summed E-state index contributed by atoms with van der Waals surface area (Å²) in [6, 6.07) is -1.26. The molecular formula is C10H19NO5. The van der Waals surface area contributed by atoms with Crippen LogP contribution in [0.4, 0.5) is 0 Å². The number of aliphatic carboxylic acids is 1. The first kappa shape index (κ1) is 14.9. The van der Waals surface area contributed by atoms with E-state index in [2.05, 4.69) is 5.32 Å². The number of carboxylic acid groups (broad SMARTS) is 1. The Balaban J connectivity index is 4.15. The second-order valence-electron chi connectivity index (χ2n) is 3.89. The second kappa shape index (κ2) is 7.19. The number of hydrogen-bond donors (Lipinski definition) is 3. The van der Waals surface area contributed by atoms with Gasteiger partial charge in [0.2, 0.25) is 5.91 Å². The molecule has 0 aliphatic carbocycles. The van der Waals surface area contributed by atoms with Gasteiger partial charge in [-0.15, -0.1) is 0 Å². The van der Waals surface area contributed by atoms with Gasteiger partial charge in [0.15, 0.2) is 6.04 Å². The fourth-order valence-corrected chi connectivity index (χ4v) is 1.28. The normalized spacial score (nSPS) is 16.2. The minimum atomic E-state index is -1.26. The molecule has 0 bridgehead atoms. The van der Waals surface area contributed by atoms with E-state index in [1.807, 2.05) is 6.92 Å². The predicted octanol–water partition coefficient (Wildman–Crippen LogP) is -0.391. The Hall–Kier alpha value is -1.14. The Labute approximate surface area is 94.6 Å². The minimum absolute atomic E-state index is 0.00782. The van der Waals surface area contributed by atoms with E-state index >= 15 is 0 Å². The molecule has 1 unspecified atom stereocenters. The molecular weight excluding hydrogens is 214 g/mol. The molecule has 16 heavy (non-hydrogen) atoms. The van der Waals surface area contributed by atoms with Gasteiger partial charge in [0.05, 0.1) is 6.10 Å². The maximum atomic E-state index is 11.4. The molecule has 3 atom stereocenters. The van der Waals surface area contributed by atoms with Crippen LogP contribution in [0.5, 0.6) is 0 Å². The zero-order valence-electron chi connectivity index (χ0n) is 9.77. The van der Waals surface area contributed by atoms with E-state index in [0.717, 1.165) is 0 Å². The predicted molar refractivity (Wildman–Crippen MR) is 56.9 cm³/mol. The van der Waals surface area contributed by atoms with Crippen LogP contribution in [0.15, 0.2) is 0 Å². The molecule has 0 aromatic heterocycles. The van der Waals surface area contributed by atoms with Crippen molar-refractivity contribution in [2.45, 2.75) is 32.4 Å². The third-order valence-corrected chi connectivity index (χ3v) is 2.05. The first-order valence-electron chi connectivity index (χ1n) is 5.07. The van der Waals surface area contributed by atoms with Crippen molar-refractivity contribution < 1.29 is 24.5 Å². The third kappa shape index (κ3) is 5.67. The first-order chi connectivity index (χ1) is 7.38. The lowest BCUT2D eigenvalue weighted by molar-refractivity contribution is -0.145. The Kier molecular flexibility index (Phi) is 6.67. The SMILES string of the molecule is COCC(C)CC(=O)N[C@H](C(=O)O)[C@@H](C)O. The standard InChI is InChI=1S/C10H19NO5/c1-6(5-16-3)4-8(13)11-9(7(2)12)10(14)15/h6-7,9,12H,4-5H2,1-3H3,(H,11,13)(H,14,15)/t6?,7-,9+/m1/s1. The molecule has 0 rings (SSSR count). The van der Waals surface area contributed by atoms with E-state index in [9.17, 15) is 9.59 Å². The molecule has 0 aromatic rings. The van der Waals surface area contributed by atoms with Gasteiger partial charge in [-0.05, 0) is 12.8 Å². The fourth-order valence-electron chi connectivity index (χ4n) is 1.28. The summed E-state index contributed by atoms with van der Waals surface area (Å²) in [6.45, 7) is 3.57. The summed E-state index contributed by atoms with van der Waals surface area (Å²) >= 11 is 0. The Bertz CT molecular complexity index is 241. The van der Waals surface area contributed by atoms with Crippen LogP contribution in [0.3, 0.4) is 0 Å². The van der Waals surface area contributed by atoms with Gasteiger partial charge in [0, 0.05) is 20.1 Å². The van der Waals surface area contributed by atoms with E-state index in [1.165, 1.54) is 14.0 Å². The number of methoxy groups -OCH3 is 1. The topological polar surface area (TPSA) is 95.9 Å². The maximum absolute atomic E-state index is 11.4. The van der Waals surface area contributed by atoms with Crippen molar-refractivity contribution in [2.24, 2.45) is 5.92 Å². The van der Waals surface area contributed by atoms with E-state index in [-0.39, 0.29) is 12.3 Å². The minimum Gasteiger partial charge on any atom is -0.480 e. The van der Waals surface area contributed by atoms with Crippen LogP contribution in [-0.4, -0.2) is 48.0 Å². The highest BCUT2D eigenvalue weighted by Gasteiger charge is 2.25. The number of hydrogen-bond acceptors (Lipinski definition) is 4. The molecule has 0 saturated heterocycles. The molecule has 6 nitrogen and oxygen atoms in total. The van der Waals surface area contributed by atoms with E-state index < -0.39 is 24.0 Å². The van der Waals surface area contributed by atoms with Gasteiger partial charge in [-0.25, -0.2) is 4.79 Å². The maximum Gasteiger partial charge on any atom is 0.328 e. The summed E-state index contributed by atoms with van der Waals surface area (Å²) in [5.41, 5.74) is 0. The monoisotopic (exact) mass is 233 g/mol. The van der Waals surface area contributed by atoms with Crippen LogP contribution >= 0.6 is 0 Å². The summed E-state index contributed by atoms with van der Waals surface area (Å²) in [5.74, 6) is -1.64. The van der Waals surface area contributed by atoms with Gasteiger partial charge >= 0.3 is 5.97 Å². The summed E-state index contributed by atoms with van der Waals surface area (Å²) in [5, 5.41) is 20.1. The van der Waals surface area contributed by atoms with Gasteiger partial charge in [0.1, 0.15) is 0 Å². The average Bonchev–Trinajstić information content (AvgIpc) is 2.13. The molecule has 0 fully saturated rings. The van der Waals surface area contributed by atoms with Gasteiger partial charge in [-0.3, -0.25) is 4.79 Å². The van der Waals surface area contributed by atoms with Crippen molar-refractivity contribution in [3.8, 4) is 0 Å². The number of rotatable bonds is 7. The van der Waals surface area contributed by atoms with Crippen LogP contribution in [-0.2, 0) is 14.3 Å². The summed E-state index contributed by atoms with van der Waals surface area (Å²) in [7, 11) is 1.53. The zero-order chi connectivity index (χ0) is 12.7. The highest BCUT2D eigenvalue weighted by atomic mass is 16.5. The number of carboxylic acids is 1. The zero-order valence-corrected chi connectivity index (χ0v) is 9.77. The van der Waals surface area contributed by atoms with Gasteiger partial charge < -0.3 is 20.3 Å². The summed E-state index contributed by atoms with van der Waals surface area (Å²) in [4.78, 5) is 22.1. The second-order valence-corrected chi connectivity index (χ2v) is 3.89. The summed E-state index contributed by atoms with van der Waals surface area (Å²) in [6.07, 6.45) is -0.955. The van der Waals surface area contributed by atoms with Crippen molar-refractivity contribution in [3.63, 3.8) is 0 Å². The largest absolute Gasteiger partial charge is 0.480 e. The molecule has 0 aliphatic rings. The Morgan fingerprint density at radius 3 is 2.31 bits per heavy atom. The molecule has 1 amide bonds. The van der Waals surface area contributed by atoms with Crippen molar-refractivity contribution in [3.05, 3.63) is 0 Å².